The van der Waals surface area contributed by atoms with Crippen molar-refractivity contribution >= 4 is 28.9 Å². The van der Waals surface area contributed by atoms with E-state index in [-0.39, 0.29) is 5.91 Å². The van der Waals surface area contributed by atoms with Gasteiger partial charge in [-0.1, -0.05) is 25.3 Å². The Labute approximate surface area is 206 Å². The lowest BCUT2D eigenvalue weighted by atomic mass is 9.81. The molecule has 5 nitrogen and oxygen atoms in total. The van der Waals surface area contributed by atoms with E-state index in [1.54, 1.807) is 7.11 Å². The van der Waals surface area contributed by atoms with Crippen LogP contribution in [0.1, 0.15) is 71.8 Å². The number of carbonyl (C=O) groups is 1. The molecule has 2 heterocycles. The van der Waals surface area contributed by atoms with Crippen LogP contribution in [0.15, 0.2) is 36.4 Å². The summed E-state index contributed by atoms with van der Waals surface area (Å²) in [6.45, 7) is 1.03. The molecule has 6 rings (SSSR count). The zero-order chi connectivity index (χ0) is 23.4. The average molecular weight is 476 g/mol. The Balaban J connectivity index is 1.55. The summed E-state index contributed by atoms with van der Waals surface area (Å²) in [6.07, 6.45) is 7.70. The van der Waals surface area contributed by atoms with Crippen molar-refractivity contribution in [2.45, 2.75) is 56.9 Å². The molecule has 2 unspecified atom stereocenters. The van der Waals surface area contributed by atoms with Gasteiger partial charge >= 0.3 is 0 Å². The van der Waals surface area contributed by atoms with Crippen LogP contribution >= 0.6 is 12.1 Å². The summed E-state index contributed by atoms with van der Waals surface area (Å²) in [5, 5.41) is 1.33. The molecule has 0 spiro atoms. The van der Waals surface area contributed by atoms with Gasteiger partial charge in [0.1, 0.15) is 5.75 Å². The molecule has 1 aromatic heterocycles. The molecule has 2 aliphatic carbocycles. The second kappa shape index (κ2) is 8.65. The highest BCUT2D eigenvalue weighted by Crippen LogP contribution is 2.57. The summed E-state index contributed by atoms with van der Waals surface area (Å²) in [5.74, 6) is 2.76. The summed E-state index contributed by atoms with van der Waals surface area (Å²) in [7, 11) is 5.61. The largest absolute Gasteiger partial charge is 0.497 e. The van der Waals surface area contributed by atoms with E-state index >= 15 is 0 Å². The van der Waals surface area contributed by atoms with Gasteiger partial charge in [-0.3, -0.25) is 9.52 Å². The molecule has 6 heteroatoms. The summed E-state index contributed by atoms with van der Waals surface area (Å²) in [5.41, 5.74) is 7.67. The molecule has 0 saturated heterocycles. The Morgan fingerprint density at radius 1 is 1.12 bits per heavy atom. The van der Waals surface area contributed by atoms with Crippen molar-refractivity contribution in [1.82, 2.24) is 13.6 Å². The van der Waals surface area contributed by atoms with Crippen LogP contribution in [0.2, 0.25) is 0 Å². The fourth-order valence-electron chi connectivity index (χ4n) is 6.25. The molecule has 3 aromatic rings. The molecule has 0 bridgehead atoms. The number of hydrogen-bond donors (Lipinski definition) is 1. The third kappa shape index (κ3) is 3.72. The number of nitrogens with zero attached hydrogens (tertiary/aromatic N) is 2. The molecule has 3 aliphatic rings. The first-order valence-electron chi connectivity index (χ1n) is 12.5. The highest BCUT2D eigenvalue weighted by atomic mass is 32.2. The van der Waals surface area contributed by atoms with Crippen molar-refractivity contribution in [2.75, 3.05) is 21.2 Å². The van der Waals surface area contributed by atoms with Gasteiger partial charge in [-0.05, 0) is 92.6 Å². The highest BCUT2D eigenvalue weighted by Gasteiger charge is 2.44. The number of hydrogen-bond acceptors (Lipinski definition) is 4. The minimum Gasteiger partial charge on any atom is -0.497 e. The second-order valence-electron chi connectivity index (χ2n) is 10.3. The third-order valence-electron chi connectivity index (χ3n) is 7.95. The van der Waals surface area contributed by atoms with Gasteiger partial charge in [0, 0.05) is 40.7 Å². The maximum absolute atomic E-state index is 12.9. The van der Waals surface area contributed by atoms with E-state index in [0.717, 1.165) is 17.9 Å². The zero-order valence-corrected chi connectivity index (χ0v) is 21.1. The monoisotopic (exact) mass is 475 g/mol. The van der Waals surface area contributed by atoms with Gasteiger partial charge in [0.2, 0.25) is 0 Å². The van der Waals surface area contributed by atoms with Crippen LogP contribution in [0.4, 0.5) is 0 Å². The molecule has 2 fully saturated rings. The average Bonchev–Trinajstić information content (AvgIpc) is 3.58. The van der Waals surface area contributed by atoms with Gasteiger partial charge in [0.15, 0.2) is 0 Å². The number of carbonyl (C=O) groups excluding carboxylic acids is 1. The summed E-state index contributed by atoms with van der Waals surface area (Å²) < 4.78 is 13.0. The SMILES string of the molecule is COc1ccc2c(c1)C1CC1Cn1c-2c(C2CCCCC2)c2ccc(C(=O)NSN(C)C)cc21. The molecule has 2 atom stereocenters. The van der Waals surface area contributed by atoms with Crippen LogP contribution in [-0.2, 0) is 6.54 Å². The Morgan fingerprint density at radius 2 is 1.94 bits per heavy atom. The molecule has 1 aliphatic heterocycles. The van der Waals surface area contributed by atoms with Gasteiger partial charge < -0.3 is 9.30 Å². The number of aromatic nitrogens is 1. The van der Waals surface area contributed by atoms with Crippen LogP contribution in [0.3, 0.4) is 0 Å². The van der Waals surface area contributed by atoms with Crippen LogP contribution in [-0.4, -0.2) is 36.0 Å². The Kier molecular flexibility index (Phi) is 5.61. The van der Waals surface area contributed by atoms with Gasteiger partial charge in [0.25, 0.3) is 5.91 Å². The highest BCUT2D eigenvalue weighted by molar-refractivity contribution is 7.95. The molecular formula is C28H33N3O2S. The number of methoxy groups -OCH3 is 1. The fraction of sp³-hybridized carbons (Fsp3) is 0.464. The number of fused-ring (bicyclic) bond motifs is 7. The van der Waals surface area contributed by atoms with Crippen molar-refractivity contribution in [2.24, 2.45) is 5.92 Å². The predicted molar refractivity (Wildman–Crippen MR) is 139 cm³/mol. The Bertz CT molecular complexity index is 1260. The maximum atomic E-state index is 12.9. The van der Waals surface area contributed by atoms with E-state index in [1.165, 1.54) is 83.9 Å². The van der Waals surface area contributed by atoms with E-state index < -0.39 is 0 Å². The van der Waals surface area contributed by atoms with E-state index in [1.807, 2.05) is 24.5 Å². The molecule has 2 aromatic carbocycles. The minimum atomic E-state index is -0.0431. The lowest BCUT2D eigenvalue weighted by Gasteiger charge is -2.24. The predicted octanol–water partition coefficient (Wildman–Crippen LogP) is 6.34. The lowest BCUT2D eigenvalue weighted by Crippen LogP contribution is -2.20. The van der Waals surface area contributed by atoms with Gasteiger partial charge in [0.05, 0.1) is 12.8 Å². The van der Waals surface area contributed by atoms with Crippen LogP contribution in [0.5, 0.6) is 5.75 Å². The molecule has 0 radical (unpaired) electrons. The first-order valence-corrected chi connectivity index (χ1v) is 13.3. The lowest BCUT2D eigenvalue weighted by molar-refractivity contribution is 0.0983. The standard InChI is InChI=1S/C28H33N3O2S/c1-30(2)34-29-28(32)18-9-11-22-25(14-18)31-16-19-13-23(19)24-15-20(33-3)10-12-21(24)27(31)26(22)17-7-5-4-6-8-17/h9-12,14-15,17,19,23H,4-8,13,16H2,1-3H3,(H,29,32). The molecule has 1 N–H and O–H groups in total. The summed E-state index contributed by atoms with van der Waals surface area (Å²) >= 11 is 1.32. The zero-order valence-electron chi connectivity index (χ0n) is 20.3. The van der Waals surface area contributed by atoms with Crippen LogP contribution in [0.25, 0.3) is 22.2 Å². The van der Waals surface area contributed by atoms with E-state index in [2.05, 4.69) is 39.6 Å². The number of rotatable bonds is 5. The molecule has 2 saturated carbocycles. The number of nitrogens with one attached hydrogen (secondary N) is 1. The fourth-order valence-corrected chi connectivity index (χ4v) is 6.63. The topological polar surface area (TPSA) is 46.5 Å². The Hall–Kier alpha value is -2.44. The van der Waals surface area contributed by atoms with E-state index in [4.69, 9.17) is 4.74 Å². The summed E-state index contributed by atoms with van der Waals surface area (Å²) in [6, 6.07) is 13.0. The minimum absolute atomic E-state index is 0.0431. The molecule has 1 amide bonds. The van der Waals surface area contributed by atoms with E-state index in [0.29, 0.717) is 17.8 Å². The van der Waals surface area contributed by atoms with Crippen molar-refractivity contribution in [3.05, 3.63) is 53.1 Å². The number of amides is 1. The molecular weight excluding hydrogens is 442 g/mol. The third-order valence-corrected chi connectivity index (χ3v) is 8.60. The molecule has 178 valence electrons. The van der Waals surface area contributed by atoms with Crippen LogP contribution < -0.4 is 9.46 Å². The summed E-state index contributed by atoms with van der Waals surface area (Å²) in [4.78, 5) is 12.9. The van der Waals surface area contributed by atoms with Gasteiger partial charge in [-0.25, -0.2) is 4.31 Å². The second-order valence-corrected chi connectivity index (χ2v) is 11.4. The van der Waals surface area contributed by atoms with E-state index in [9.17, 15) is 4.79 Å². The maximum Gasteiger partial charge on any atom is 0.262 e. The number of ether oxygens (including phenoxy) is 1. The van der Waals surface area contributed by atoms with Crippen molar-refractivity contribution < 1.29 is 9.53 Å². The normalized spacial score (nSPS) is 21.5. The first kappa shape index (κ1) is 22.1. The van der Waals surface area contributed by atoms with Crippen molar-refractivity contribution in [3.8, 4) is 17.0 Å². The smallest absolute Gasteiger partial charge is 0.262 e. The van der Waals surface area contributed by atoms with Gasteiger partial charge in [-0.15, -0.1) is 0 Å². The van der Waals surface area contributed by atoms with Crippen molar-refractivity contribution in [1.29, 1.82) is 0 Å². The van der Waals surface area contributed by atoms with Gasteiger partial charge in [-0.2, -0.15) is 0 Å². The quantitative estimate of drug-likeness (QED) is 0.438. The number of benzene rings is 2. The van der Waals surface area contributed by atoms with Crippen LogP contribution in [0, 0.1) is 5.92 Å². The first-order chi connectivity index (χ1) is 16.5. The van der Waals surface area contributed by atoms with Crippen molar-refractivity contribution in [3.63, 3.8) is 0 Å². The Morgan fingerprint density at radius 3 is 2.71 bits per heavy atom. The molecule has 34 heavy (non-hydrogen) atoms.